The van der Waals surface area contributed by atoms with Crippen molar-refractivity contribution in [1.29, 1.82) is 0 Å². The van der Waals surface area contributed by atoms with Crippen LogP contribution < -0.4 is 15.5 Å². The van der Waals surface area contributed by atoms with Crippen molar-refractivity contribution in [3.8, 4) is 0 Å². The number of nitrogens with zero attached hydrogens (tertiary/aromatic N) is 6. The van der Waals surface area contributed by atoms with Crippen LogP contribution in [0.2, 0.25) is 5.02 Å². The van der Waals surface area contributed by atoms with Crippen molar-refractivity contribution in [3.63, 3.8) is 0 Å². The van der Waals surface area contributed by atoms with Crippen molar-refractivity contribution in [2.24, 2.45) is 0 Å². The summed E-state index contributed by atoms with van der Waals surface area (Å²) < 4.78 is 14.4. The molecule has 0 spiro atoms. The molecule has 2 fully saturated rings. The number of carbonyl (C=O) groups is 1. The Morgan fingerprint density at radius 1 is 1.13 bits per heavy atom. The highest BCUT2D eigenvalue weighted by Crippen LogP contribution is 2.27. The van der Waals surface area contributed by atoms with Gasteiger partial charge in [-0.25, -0.2) is 4.39 Å². The Hall–Kier alpha value is -3.44. The van der Waals surface area contributed by atoms with Gasteiger partial charge in [0.05, 0.1) is 10.6 Å². The number of piperidine rings is 1. The van der Waals surface area contributed by atoms with E-state index in [1.54, 1.807) is 11.0 Å². The molecule has 202 valence electrons. The second-order valence-electron chi connectivity index (χ2n) is 10.2. The van der Waals surface area contributed by atoms with E-state index in [9.17, 15) is 9.18 Å². The summed E-state index contributed by atoms with van der Waals surface area (Å²) in [6.07, 6.45) is 2.45. The van der Waals surface area contributed by atoms with E-state index in [0.29, 0.717) is 49.6 Å². The lowest BCUT2D eigenvalue weighted by Gasteiger charge is -2.32. The molecule has 1 atom stereocenters. The lowest BCUT2D eigenvalue weighted by molar-refractivity contribution is 0.0713. The third-order valence-electron chi connectivity index (χ3n) is 7.19. The quantitative estimate of drug-likeness (QED) is 0.413. The van der Waals surface area contributed by atoms with Crippen LogP contribution in [-0.2, 0) is 0 Å². The van der Waals surface area contributed by atoms with Gasteiger partial charge in [0.15, 0.2) is 11.6 Å². The average Bonchev–Trinajstić information content (AvgIpc) is 3.55. The first-order chi connectivity index (χ1) is 18.3. The summed E-state index contributed by atoms with van der Waals surface area (Å²) in [6.45, 7) is 4.75. The van der Waals surface area contributed by atoms with Crippen molar-refractivity contribution in [2.75, 3.05) is 55.8 Å². The van der Waals surface area contributed by atoms with E-state index < -0.39 is 5.82 Å². The van der Waals surface area contributed by atoms with E-state index >= 15 is 0 Å². The maximum absolute atomic E-state index is 14.4. The molecule has 5 rings (SSSR count). The Morgan fingerprint density at radius 3 is 2.61 bits per heavy atom. The fourth-order valence-corrected chi connectivity index (χ4v) is 5.13. The van der Waals surface area contributed by atoms with Crippen LogP contribution >= 0.6 is 11.6 Å². The van der Waals surface area contributed by atoms with Gasteiger partial charge in [0.1, 0.15) is 11.6 Å². The second kappa shape index (κ2) is 11.1. The highest BCUT2D eigenvalue weighted by Gasteiger charge is 2.28. The minimum atomic E-state index is -0.671. The van der Waals surface area contributed by atoms with Crippen LogP contribution in [0, 0.1) is 12.7 Å². The predicted octanol–water partition coefficient (Wildman–Crippen LogP) is 3.90. The van der Waals surface area contributed by atoms with Crippen LogP contribution in [0.15, 0.2) is 30.3 Å². The molecule has 2 aliphatic rings. The number of aromatic nitrogens is 4. The Labute approximate surface area is 226 Å². The minimum absolute atomic E-state index is 0.00547. The van der Waals surface area contributed by atoms with Crippen LogP contribution in [0.3, 0.4) is 0 Å². The van der Waals surface area contributed by atoms with E-state index in [4.69, 9.17) is 21.6 Å². The molecule has 38 heavy (non-hydrogen) atoms. The molecule has 1 aromatic carbocycles. The van der Waals surface area contributed by atoms with Crippen LogP contribution in [-0.4, -0.2) is 88.2 Å². The van der Waals surface area contributed by atoms with Crippen molar-refractivity contribution >= 4 is 40.9 Å². The fraction of sp³-hybridized carbons (Fsp3) is 0.462. The largest absolute Gasteiger partial charge is 0.355 e. The van der Waals surface area contributed by atoms with Gasteiger partial charge in [-0.1, -0.05) is 17.7 Å². The molecule has 3 N–H and O–H groups in total. The van der Waals surface area contributed by atoms with Crippen LogP contribution in [0.5, 0.6) is 0 Å². The number of nitrogens with one attached hydrogen (secondary N) is 3. The third-order valence-corrected chi connectivity index (χ3v) is 7.48. The Bertz CT molecular complexity index is 1290. The maximum atomic E-state index is 14.4. The normalized spacial score (nSPS) is 18.3. The lowest BCUT2D eigenvalue weighted by atomic mass is 10.0. The summed E-state index contributed by atoms with van der Waals surface area (Å²) in [5.74, 6) is 1.70. The fourth-order valence-electron chi connectivity index (χ4n) is 4.96. The van der Waals surface area contributed by atoms with E-state index in [1.807, 2.05) is 19.1 Å². The first-order valence-corrected chi connectivity index (χ1v) is 13.2. The summed E-state index contributed by atoms with van der Waals surface area (Å²) >= 11 is 5.87. The van der Waals surface area contributed by atoms with Crippen molar-refractivity contribution in [2.45, 2.75) is 38.3 Å². The third kappa shape index (κ3) is 5.83. The molecule has 2 saturated heterocycles. The zero-order valence-electron chi connectivity index (χ0n) is 21.8. The molecule has 0 saturated carbocycles. The lowest BCUT2D eigenvalue weighted by Crippen LogP contribution is -2.43. The van der Waals surface area contributed by atoms with E-state index in [2.05, 4.69) is 44.7 Å². The van der Waals surface area contributed by atoms with Gasteiger partial charge in [-0.3, -0.25) is 9.89 Å². The van der Waals surface area contributed by atoms with Crippen molar-refractivity contribution in [1.82, 2.24) is 30.0 Å². The molecule has 2 aromatic heterocycles. The molecule has 4 heterocycles. The summed E-state index contributed by atoms with van der Waals surface area (Å²) in [5.41, 5.74) is 0.957. The first-order valence-electron chi connectivity index (χ1n) is 12.9. The zero-order chi connectivity index (χ0) is 26.8. The van der Waals surface area contributed by atoms with Gasteiger partial charge in [-0.05, 0) is 52.4 Å². The number of likely N-dealkylation sites (tertiary alicyclic amines) is 1. The second-order valence-corrected chi connectivity index (χ2v) is 10.6. The molecular weight excluding hydrogens is 509 g/mol. The number of benzene rings is 1. The van der Waals surface area contributed by atoms with Gasteiger partial charge < -0.3 is 25.3 Å². The Balaban J connectivity index is 1.28. The molecule has 0 unspecified atom stereocenters. The number of anilines is 4. The number of halogens is 2. The molecule has 0 bridgehead atoms. The molecule has 0 aliphatic carbocycles. The van der Waals surface area contributed by atoms with Gasteiger partial charge in [-0.2, -0.15) is 15.1 Å². The number of hydrogen-bond acceptors (Lipinski definition) is 8. The molecule has 2 aliphatic heterocycles. The molecule has 0 radical (unpaired) electrons. The number of amides is 1. The van der Waals surface area contributed by atoms with Gasteiger partial charge in [0.25, 0.3) is 5.91 Å². The minimum Gasteiger partial charge on any atom is -0.355 e. The van der Waals surface area contributed by atoms with E-state index in [1.165, 1.54) is 12.1 Å². The van der Waals surface area contributed by atoms with Crippen LogP contribution in [0.1, 0.15) is 35.3 Å². The van der Waals surface area contributed by atoms with Gasteiger partial charge in [0.2, 0.25) is 5.95 Å². The highest BCUT2D eigenvalue weighted by molar-refractivity contribution is 6.31. The number of aromatic amines is 1. The number of aryl methyl sites for hydroxylation is 1. The Kier molecular flexibility index (Phi) is 7.66. The monoisotopic (exact) mass is 541 g/mol. The summed E-state index contributed by atoms with van der Waals surface area (Å²) in [6, 6.07) is 8.92. The van der Waals surface area contributed by atoms with E-state index in [-0.39, 0.29) is 22.5 Å². The zero-order valence-corrected chi connectivity index (χ0v) is 22.6. The highest BCUT2D eigenvalue weighted by atomic mass is 35.5. The first kappa shape index (κ1) is 26.2. The van der Waals surface area contributed by atoms with Gasteiger partial charge in [-0.15, -0.1) is 0 Å². The molecule has 1 amide bonds. The summed E-state index contributed by atoms with van der Waals surface area (Å²) in [5, 5.41) is 13.9. The van der Waals surface area contributed by atoms with Crippen LogP contribution in [0.4, 0.5) is 27.8 Å². The van der Waals surface area contributed by atoms with Crippen molar-refractivity contribution in [3.05, 3.63) is 52.4 Å². The van der Waals surface area contributed by atoms with Crippen molar-refractivity contribution < 1.29 is 9.18 Å². The van der Waals surface area contributed by atoms with Gasteiger partial charge >= 0.3 is 0 Å². The Morgan fingerprint density at radius 2 is 1.92 bits per heavy atom. The number of rotatable bonds is 7. The smallest absolute Gasteiger partial charge is 0.256 e. The topological polar surface area (TPSA) is 105 Å². The summed E-state index contributed by atoms with van der Waals surface area (Å²) in [4.78, 5) is 28.6. The number of H-pyrrole nitrogens is 1. The summed E-state index contributed by atoms with van der Waals surface area (Å²) in [7, 11) is 4.21. The number of carbonyl (C=O) groups excluding carboxylic acids is 1. The van der Waals surface area contributed by atoms with Gasteiger partial charge in [0, 0.05) is 56.1 Å². The molecule has 10 nitrogen and oxygen atoms in total. The average molecular weight is 542 g/mol. The maximum Gasteiger partial charge on any atom is 0.256 e. The SMILES string of the molecule is Cc1cc(Nc2cc(N3CC[C@@H](N(C)C)C3)nc(NC3CCN(C(=O)c4cccc(Cl)c4F)CC3)n2)n[nH]1. The number of hydrogen-bond donors (Lipinski definition) is 3. The standard InChI is InChI=1S/C26H33ClFN9O/c1-16-13-22(34-33-16)30-21-14-23(37-12-9-18(15-37)35(2)3)32-26(31-21)29-17-7-10-36(11-8-17)25(38)19-5-4-6-20(27)24(19)28/h4-6,13-14,17-18H,7-12,15H2,1-3H3,(H3,29,30,31,32,33,34)/t18-/m1/s1. The molecule has 12 heteroatoms. The number of likely N-dealkylation sites (N-methyl/N-ethyl adjacent to an activating group) is 1. The van der Waals surface area contributed by atoms with E-state index in [0.717, 1.165) is 31.0 Å². The predicted molar refractivity (Wildman–Crippen MR) is 147 cm³/mol. The molecule has 3 aromatic rings. The van der Waals surface area contributed by atoms with Crippen LogP contribution in [0.25, 0.3) is 0 Å². The molecular formula is C26H33ClFN9O.